The first-order chi connectivity index (χ1) is 12.2. The van der Waals surface area contributed by atoms with Crippen molar-refractivity contribution in [3.63, 3.8) is 0 Å². The molecule has 7 heteroatoms. The van der Waals surface area contributed by atoms with Crippen LogP contribution in [0.1, 0.15) is 5.82 Å². The molecule has 0 saturated carbocycles. The van der Waals surface area contributed by atoms with Crippen molar-refractivity contribution in [1.29, 1.82) is 0 Å². The minimum absolute atomic E-state index is 0.417. The number of nitrogens with one attached hydrogen (secondary N) is 1. The van der Waals surface area contributed by atoms with Gasteiger partial charge in [-0.05, 0) is 43.3 Å². The molecule has 2 aromatic carbocycles. The van der Waals surface area contributed by atoms with Crippen LogP contribution in [-0.2, 0) is 0 Å². The maximum atomic E-state index is 5.16. The molecule has 1 N–H and O–H groups in total. The highest BCUT2D eigenvalue weighted by molar-refractivity contribution is 5.77. The second kappa shape index (κ2) is 6.20. The van der Waals surface area contributed by atoms with Gasteiger partial charge in [0.05, 0.1) is 24.3 Å². The molecule has 0 unspecified atom stereocenters. The molecule has 0 saturated heterocycles. The maximum absolute atomic E-state index is 5.16. The number of aryl methyl sites for hydroxylation is 1. The molecule has 0 radical (unpaired) electrons. The van der Waals surface area contributed by atoms with Gasteiger partial charge in [-0.2, -0.15) is 10.1 Å². The molecule has 0 spiro atoms. The first-order valence-electron chi connectivity index (χ1n) is 7.80. The monoisotopic (exact) mass is 332 g/mol. The van der Waals surface area contributed by atoms with Gasteiger partial charge in [-0.3, -0.25) is 4.57 Å². The number of methoxy groups -OCH3 is 1. The van der Waals surface area contributed by atoms with Gasteiger partial charge in [0.25, 0.3) is 0 Å². The van der Waals surface area contributed by atoms with Crippen LogP contribution in [0.15, 0.2) is 54.7 Å². The third kappa shape index (κ3) is 2.87. The van der Waals surface area contributed by atoms with E-state index in [1.807, 2.05) is 60.0 Å². The Bertz CT molecular complexity index is 1030. The van der Waals surface area contributed by atoms with Gasteiger partial charge in [0, 0.05) is 5.69 Å². The Hall–Kier alpha value is -3.48. The largest absolute Gasteiger partial charge is 0.497 e. The average Bonchev–Trinajstić information content (AvgIpc) is 2.98. The summed E-state index contributed by atoms with van der Waals surface area (Å²) in [5, 5.41) is 11.3. The van der Waals surface area contributed by atoms with Crippen LogP contribution >= 0.6 is 0 Å². The lowest BCUT2D eigenvalue weighted by molar-refractivity contribution is 0.415. The minimum Gasteiger partial charge on any atom is -0.497 e. The van der Waals surface area contributed by atoms with Gasteiger partial charge in [-0.15, -0.1) is 5.10 Å². The van der Waals surface area contributed by atoms with E-state index in [4.69, 9.17) is 4.74 Å². The van der Waals surface area contributed by atoms with E-state index in [0.717, 1.165) is 28.3 Å². The van der Waals surface area contributed by atoms with Crippen LogP contribution in [0.2, 0.25) is 0 Å². The fourth-order valence-corrected chi connectivity index (χ4v) is 2.69. The molecule has 0 aliphatic heterocycles. The lowest BCUT2D eigenvalue weighted by Crippen LogP contribution is -2.05. The Morgan fingerprint density at radius 1 is 1.00 bits per heavy atom. The number of hydrogen-bond acceptors (Lipinski definition) is 6. The van der Waals surface area contributed by atoms with Gasteiger partial charge in [-0.1, -0.05) is 12.1 Å². The molecule has 0 amide bonds. The van der Waals surface area contributed by atoms with Crippen LogP contribution in [0.25, 0.3) is 16.9 Å². The second-order valence-corrected chi connectivity index (χ2v) is 5.47. The van der Waals surface area contributed by atoms with Crippen LogP contribution in [-0.4, -0.2) is 31.8 Å². The van der Waals surface area contributed by atoms with Crippen molar-refractivity contribution in [3.8, 4) is 11.6 Å². The van der Waals surface area contributed by atoms with Crippen molar-refractivity contribution in [3.05, 3.63) is 60.6 Å². The van der Waals surface area contributed by atoms with Crippen LogP contribution in [0.5, 0.6) is 5.75 Å². The summed E-state index contributed by atoms with van der Waals surface area (Å²) in [5.41, 5.74) is 2.76. The van der Waals surface area contributed by atoms with Crippen LogP contribution in [0.3, 0.4) is 0 Å². The molecule has 4 rings (SSSR count). The minimum atomic E-state index is 0.417. The third-order valence-electron chi connectivity index (χ3n) is 3.85. The molecule has 25 heavy (non-hydrogen) atoms. The van der Waals surface area contributed by atoms with Gasteiger partial charge < -0.3 is 10.1 Å². The molecule has 2 aromatic heterocycles. The summed E-state index contributed by atoms with van der Waals surface area (Å²) < 4.78 is 7.12. The van der Waals surface area contributed by atoms with Crippen molar-refractivity contribution in [2.75, 3.05) is 12.4 Å². The summed E-state index contributed by atoms with van der Waals surface area (Å²) in [7, 11) is 1.64. The molecule has 2 heterocycles. The summed E-state index contributed by atoms with van der Waals surface area (Å²) in [6.07, 6.45) is 1.63. The summed E-state index contributed by atoms with van der Waals surface area (Å²) in [6, 6.07) is 15.5. The third-order valence-corrected chi connectivity index (χ3v) is 3.85. The number of nitrogens with zero attached hydrogens (tertiary/aromatic N) is 5. The van der Waals surface area contributed by atoms with Crippen molar-refractivity contribution < 1.29 is 4.74 Å². The topological polar surface area (TPSA) is 77.8 Å². The van der Waals surface area contributed by atoms with Crippen molar-refractivity contribution >= 4 is 22.7 Å². The Morgan fingerprint density at radius 2 is 1.80 bits per heavy atom. The number of fused-ring (bicyclic) bond motifs is 1. The van der Waals surface area contributed by atoms with Gasteiger partial charge >= 0.3 is 0 Å². The number of ether oxygens (including phenoxy) is 1. The molecule has 0 bridgehead atoms. The zero-order valence-corrected chi connectivity index (χ0v) is 13.8. The lowest BCUT2D eigenvalue weighted by Gasteiger charge is -2.08. The zero-order chi connectivity index (χ0) is 17.2. The van der Waals surface area contributed by atoms with E-state index in [9.17, 15) is 0 Å². The van der Waals surface area contributed by atoms with Gasteiger partial charge in [0.15, 0.2) is 5.82 Å². The number of imidazole rings is 1. The summed E-state index contributed by atoms with van der Waals surface area (Å²) in [4.78, 5) is 9.13. The molecule has 0 atom stereocenters. The molecular formula is C18H16N6O. The highest BCUT2D eigenvalue weighted by atomic mass is 16.5. The summed E-state index contributed by atoms with van der Waals surface area (Å²) in [6.45, 7) is 1.94. The highest BCUT2D eigenvalue weighted by Crippen LogP contribution is 2.21. The van der Waals surface area contributed by atoms with E-state index < -0.39 is 0 Å². The van der Waals surface area contributed by atoms with Crippen LogP contribution < -0.4 is 10.1 Å². The van der Waals surface area contributed by atoms with E-state index in [-0.39, 0.29) is 0 Å². The van der Waals surface area contributed by atoms with Crippen molar-refractivity contribution in [2.24, 2.45) is 0 Å². The normalized spacial score (nSPS) is 10.8. The predicted octanol–water partition coefficient (Wildman–Crippen LogP) is 3.27. The maximum Gasteiger partial charge on any atom is 0.249 e. The Labute approximate surface area is 144 Å². The first-order valence-corrected chi connectivity index (χ1v) is 7.80. The summed E-state index contributed by atoms with van der Waals surface area (Å²) in [5.74, 6) is 2.72. The van der Waals surface area contributed by atoms with Gasteiger partial charge in [-0.25, -0.2) is 4.98 Å². The van der Waals surface area contributed by atoms with Crippen LogP contribution in [0.4, 0.5) is 11.6 Å². The standard InChI is InChI=1S/C18H16N6O/c1-12-20-15-5-3-4-6-16(15)24(12)17-11-19-23-18(22-17)21-13-7-9-14(25-2)10-8-13/h3-11H,1-2H3,(H,21,22,23). The quantitative estimate of drug-likeness (QED) is 0.618. The number of aromatic nitrogens is 5. The fourth-order valence-electron chi connectivity index (χ4n) is 2.69. The molecule has 0 aliphatic carbocycles. The van der Waals surface area contributed by atoms with E-state index in [1.165, 1.54) is 0 Å². The lowest BCUT2D eigenvalue weighted by atomic mass is 10.3. The molecular weight excluding hydrogens is 316 g/mol. The number of anilines is 2. The molecule has 7 nitrogen and oxygen atoms in total. The average molecular weight is 332 g/mol. The van der Waals surface area contributed by atoms with E-state index >= 15 is 0 Å². The van der Waals surface area contributed by atoms with E-state index in [2.05, 4.69) is 25.5 Å². The number of para-hydroxylation sites is 2. The number of benzene rings is 2. The van der Waals surface area contributed by atoms with E-state index in [0.29, 0.717) is 11.8 Å². The van der Waals surface area contributed by atoms with Crippen LogP contribution in [0, 0.1) is 6.92 Å². The fraction of sp³-hybridized carbons (Fsp3) is 0.111. The second-order valence-electron chi connectivity index (χ2n) is 5.47. The highest BCUT2D eigenvalue weighted by Gasteiger charge is 2.11. The Balaban J connectivity index is 1.70. The predicted molar refractivity (Wildman–Crippen MR) is 95.5 cm³/mol. The number of hydrogen-bond donors (Lipinski definition) is 1. The first kappa shape index (κ1) is 15.1. The Morgan fingerprint density at radius 3 is 2.60 bits per heavy atom. The molecule has 0 fully saturated rings. The Kier molecular flexibility index (Phi) is 3.74. The SMILES string of the molecule is COc1ccc(Nc2nncc(-n3c(C)nc4ccccc43)n2)cc1. The molecule has 4 aromatic rings. The van der Waals surface area contributed by atoms with Crippen molar-refractivity contribution in [1.82, 2.24) is 24.7 Å². The smallest absolute Gasteiger partial charge is 0.249 e. The van der Waals surface area contributed by atoms with Crippen molar-refractivity contribution in [2.45, 2.75) is 6.92 Å². The summed E-state index contributed by atoms with van der Waals surface area (Å²) >= 11 is 0. The van der Waals surface area contributed by atoms with E-state index in [1.54, 1.807) is 13.3 Å². The van der Waals surface area contributed by atoms with Gasteiger partial charge in [0.2, 0.25) is 5.95 Å². The molecule has 124 valence electrons. The van der Waals surface area contributed by atoms with Gasteiger partial charge in [0.1, 0.15) is 11.6 Å². The number of rotatable bonds is 4. The zero-order valence-electron chi connectivity index (χ0n) is 13.8. The molecule has 0 aliphatic rings.